The maximum atomic E-state index is 12.9. The Morgan fingerprint density at radius 2 is 1.87 bits per heavy atom. The largest absolute Gasteiger partial charge is 0.444 e. The highest BCUT2D eigenvalue weighted by Crippen LogP contribution is 2.35. The molecule has 1 aromatic rings. The standard InChI is InChI=1S/C25H40N2O4/c1-24(2,3)31-23(29)27-16-7-14-25(26,15-17-28)22(27)18-30-21-12-10-20(11-13-21)19-8-5-4-6-9-19/h4-6,8-9,20-22,28H,7,10-18,26H2,1-3H3. The van der Waals surface area contributed by atoms with Crippen LogP contribution < -0.4 is 5.73 Å². The summed E-state index contributed by atoms with van der Waals surface area (Å²) >= 11 is 0. The van der Waals surface area contributed by atoms with Crippen LogP contribution in [0.3, 0.4) is 0 Å². The maximum Gasteiger partial charge on any atom is 0.410 e. The summed E-state index contributed by atoms with van der Waals surface area (Å²) < 4.78 is 12.0. The van der Waals surface area contributed by atoms with Crippen LogP contribution in [-0.2, 0) is 9.47 Å². The van der Waals surface area contributed by atoms with Crippen LogP contribution in [0.15, 0.2) is 30.3 Å². The van der Waals surface area contributed by atoms with Gasteiger partial charge in [0.25, 0.3) is 0 Å². The van der Waals surface area contributed by atoms with Gasteiger partial charge < -0.3 is 25.2 Å². The van der Waals surface area contributed by atoms with Gasteiger partial charge in [-0.25, -0.2) is 4.79 Å². The molecule has 0 radical (unpaired) electrons. The number of rotatable bonds is 6. The molecule has 2 fully saturated rings. The molecule has 1 aliphatic heterocycles. The van der Waals surface area contributed by atoms with Gasteiger partial charge in [-0.2, -0.15) is 0 Å². The molecule has 1 aliphatic carbocycles. The Bertz CT molecular complexity index is 693. The zero-order valence-corrected chi connectivity index (χ0v) is 19.4. The van der Waals surface area contributed by atoms with Crippen molar-refractivity contribution >= 4 is 6.09 Å². The average Bonchev–Trinajstić information content (AvgIpc) is 2.72. The molecule has 0 aromatic heterocycles. The van der Waals surface area contributed by atoms with Crippen molar-refractivity contribution in [2.24, 2.45) is 5.73 Å². The topological polar surface area (TPSA) is 85.0 Å². The summed E-state index contributed by atoms with van der Waals surface area (Å²) in [7, 11) is 0. The molecule has 6 heteroatoms. The van der Waals surface area contributed by atoms with E-state index in [-0.39, 0.29) is 24.8 Å². The minimum Gasteiger partial charge on any atom is -0.444 e. The van der Waals surface area contributed by atoms with Crippen LogP contribution in [0.25, 0.3) is 0 Å². The van der Waals surface area contributed by atoms with Crippen molar-refractivity contribution in [3.63, 3.8) is 0 Å². The zero-order chi connectivity index (χ0) is 22.5. The van der Waals surface area contributed by atoms with Crippen molar-refractivity contribution in [1.29, 1.82) is 0 Å². The van der Waals surface area contributed by atoms with Gasteiger partial charge in [-0.1, -0.05) is 30.3 Å². The molecule has 3 rings (SSSR count). The third kappa shape index (κ3) is 6.43. The predicted molar refractivity (Wildman–Crippen MR) is 122 cm³/mol. The number of benzene rings is 1. The second kappa shape index (κ2) is 10.3. The highest BCUT2D eigenvalue weighted by atomic mass is 16.6. The fourth-order valence-corrected chi connectivity index (χ4v) is 5.02. The summed E-state index contributed by atoms with van der Waals surface area (Å²) in [5.74, 6) is 0.594. The highest BCUT2D eigenvalue weighted by molar-refractivity contribution is 5.69. The molecule has 174 valence electrons. The second-order valence-corrected chi connectivity index (χ2v) is 10.2. The molecule has 2 atom stereocenters. The van der Waals surface area contributed by atoms with E-state index in [1.807, 2.05) is 20.8 Å². The Morgan fingerprint density at radius 3 is 2.48 bits per heavy atom. The van der Waals surface area contributed by atoms with Gasteiger partial charge in [-0.05, 0) is 77.2 Å². The lowest BCUT2D eigenvalue weighted by molar-refractivity contribution is -0.0569. The molecule has 2 aliphatic rings. The van der Waals surface area contributed by atoms with Crippen LogP contribution in [0.5, 0.6) is 0 Å². The molecule has 2 unspecified atom stereocenters. The number of hydrogen-bond acceptors (Lipinski definition) is 5. The van der Waals surface area contributed by atoms with Crippen molar-refractivity contribution < 1.29 is 19.4 Å². The fourth-order valence-electron chi connectivity index (χ4n) is 5.02. The summed E-state index contributed by atoms with van der Waals surface area (Å²) in [6.07, 6.45) is 6.09. The number of carbonyl (C=O) groups is 1. The monoisotopic (exact) mass is 432 g/mol. The predicted octanol–water partition coefficient (Wildman–Crippen LogP) is 4.21. The van der Waals surface area contributed by atoms with E-state index in [0.29, 0.717) is 25.5 Å². The average molecular weight is 433 g/mol. The van der Waals surface area contributed by atoms with E-state index in [1.54, 1.807) is 4.90 Å². The number of aliphatic hydroxyl groups is 1. The molecule has 1 heterocycles. The molecular weight excluding hydrogens is 392 g/mol. The van der Waals surface area contributed by atoms with E-state index in [0.717, 1.165) is 38.5 Å². The van der Waals surface area contributed by atoms with Gasteiger partial charge in [0.15, 0.2) is 0 Å². The van der Waals surface area contributed by atoms with Crippen LogP contribution in [-0.4, -0.2) is 59.1 Å². The Morgan fingerprint density at radius 1 is 1.19 bits per heavy atom. The lowest BCUT2D eigenvalue weighted by Crippen LogP contribution is -2.65. The third-order valence-electron chi connectivity index (χ3n) is 6.72. The summed E-state index contributed by atoms with van der Waals surface area (Å²) in [4.78, 5) is 14.6. The van der Waals surface area contributed by atoms with Crippen molar-refractivity contribution in [2.45, 2.75) is 94.9 Å². The number of likely N-dealkylation sites (tertiary alicyclic amines) is 1. The fraction of sp³-hybridized carbons (Fsp3) is 0.720. The summed E-state index contributed by atoms with van der Waals surface area (Å²) in [6, 6.07) is 10.4. The van der Waals surface area contributed by atoms with Crippen LogP contribution in [0.4, 0.5) is 4.79 Å². The van der Waals surface area contributed by atoms with Gasteiger partial charge in [-0.15, -0.1) is 0 Å². The molecule has 3 N–H and O–H groups in total. The van der Waals surface area contributed by atoms with Crippen LogP contribution in [0.1, 0.15) is 77.2 Å². The maximum absolute atomic E-state index is 12.9. The van der Waals surface area contributed by atoms with Crippen molar-refractivity contribution in [1.82, 2.24) is 4.90 Å². The Balaban J connectivity index is 1.62. The minimum atomic E-state index is -0.662. The quantitative estimate of drug-likeness (QED) is 0.703. The Hall–Kier alpha value is -1.63. The van der Waals surface area contributed by atoms with Crippen LogP contribution in [0, 0.1) is 0 Å². The number of amides is 1. The number of hydrogen-bond donors (Lipinski definition) is 2. The first-order chi connectivity index (χ1) is 14.7. The zero-order valence-electron chi connectivity index (χ0n) is 19.4. The van der Waals surface area contributed by atoms with E-state index in [9.17, 15) is 9.90 Å². The van der Waals surface area contributed by atoms with Crippen molar-refractivity contribution in [2.75, 3.05) is 19.8 Å². The first-order valence-corrected chi connectivity index (χ1v) is 11.8. The highest BCUT2D eigenvalue weighted by Gasteiger charge is 2.45. The lowest BCUT2D eigenvalue weighted by Gasteiger charge is -2.48. The Kier molecular flexibility index (Phi) is 8.00. The second-order valence-electron chi connectivity index (χ2n) is 10.2. The van der Waals surface area contributed by atoms with E-state index >= 15 is 0 Å². The van der Waals surface area contributed by atoms with Crippen LogP contribution in [0.2, 0.25) is 0 Å². The van der Waals surface area contributed by atoms with Gasteiger partial charge in [0.1, 0.15) is 5.60 Å². The number of nitrogens with two attached hydrogens (primary N) is 1. The molecular formula is C25H40N2O4. The molecule has 1 saturated heterocycles. The summed E-state index contributed by atoms with van der Waals surface area (Å²) in [6.45, 7) is 6.60. The normalized spacial score (nSPS) is 29.6. The van der Waals surface area contributed by atoms with Gasteiger partial charge >= 0.3 is 6.09 Å². The molecule has 1 amide bonds. The number of nitrogens with zero attached hydrogens (tertiary/aromatic N) is 1. The number of aliphatic hydroxyl groups excluding tert-OH is 1. The number of piperidine rings is 1. The Labute approximate surface area is 187 Å². The molecule has 0 spiro atoms. The number of carbonyl (C=O) groups excluding carboxylic acids is 1. The minimum absolute atomic E-state index is 0.00264. The molecule has 1 saturated carbocycles. The van der Waals surface area contributed by atoms with Crippen molar-refractivity contribution in [3.05, 3.63) is 35.9 Å². The van der Waals surface area contributed by atoms with Gasteiger partial charge in [0.05, 0.1) is 18.8 Å². The molecule has 1 aromatic carbocycles. The van der Waals surface area contributed by atoms with E-state index in [1.165, 1.54) is 5.56 Å². The SMILES string of the molecule is CC(C)(C)OC(=O)N1CCCC(N)(CCO)C1COC1CCC(c2ccccc2)CC1. The number of ether oxygens (including phenoxy) is 2. The smallest absolute Gasteiger partial charge is 0.410 e. The van der Waals surface area contributed by atoms with Crippen LogP contribution >= 0.6 is 0 Å². The summed E-state index contributed by atoms with van der Waals surface area (Å²) in [5, 5.41) is 9.61. The van der Waals surface area contributed by atoms with E-state index in [2.05, 4.69) is 30.3 Å². The molecule has 0 bridgehead atoms. The summed E-state index contributed by atoms with van der Waals surface area (Å²) in [5.41, 5.74) is 6.91. The van der Waals surface area contributed by atoms with E-state index in [4.69, 9.17) is 15.2 Å². The van der Waals surface area contributed by atoms with E-state index < -0.39 is 11.1 Å². The first kappa shape index (κ1) is 24.0. The van der Waals surface area contributed by atoms with Gasteiger partial charge in [0.2, 0.25) is 0 Å². The third-order valence-corrected chi connectivity index (χ3v) is 6.72. The molecule has 6 nitrogen and oxygen atoms in total. The van der Waals surface area contributed by atoms with Crippen molar-refractivity contribution in [3.8, 4) is 0 Å². The van der Waals surface area contributed by atoms with Gasteiger partial charge in [-0.3, -0.25) is 0 Å². The van der Waals surface area contributed by atoms with Gasteiger partial charge in [0, 0.05) is 18.7 Å². The first-order valence-electron chi connectivity index (χ1n) is 11.8. The molecule has 31 heavy (non-hydrogen) atoms. The lowest BCUT2D eigenvalue weighted by atomic mass is 9.79.